The second-order valence-electron chi connectivity index (χ2n) is 4.45. The first kappa shape index (κ1) is 12.3. The van der Waals surface area contributed by atoms with E-state index in [0.717, 1.165) is 5.69 Å². The highest BCUT2D eigenvalue weighted by Crippen LogP contribution is 2.13. The van der Waals surface area contributed by atoms with Crippen LogP contribution >= 0.6 is 0 Å². The van der Waals surface area contributed by atoms with E-state index in [1.54, 1.807) is 17.9 Å². The maximum absolute atomic E-state index is 11.9. The summed E-state index contributed by atoms with van der Waals surface area (Å²) in [5, 5.41) is 13.5. The smallest absolute Gasteiger partial charge is 0.295 e. The number of anilines is 1. The minimum absolute atomic E-state index is 0.141. The Balaban J connectivity index is 2.14. The number of aromatic amines is 1. The Hall–Kier alpha value is -2.18. The number of aromatic nitrogens is 5. The normalized spacial score (nSPS) is 10.9. The molecule has 7 heteroatoms. The highest BCUT2D eigenvalue weighted by atomic mass is 16.2. The molecule has 96 valence electrons. The number of carbonyl (C=O) groups excluding carboxylic acids is 1. The molecule has 2 N–H and O–H groups in total. The first-order valence-corrected chi connectivity index (χ1v) is 5.71. The van der Waals surface area contributed by atoms with Crippen LogP contribution in [0.4, 0.5) is 5.69 Å². The number of aryl methyl sites for hydroxylation is 2. The van der Waals surface area contributed by atoms with E-state index >= 15 is 0 Å². The van der Waals surface area contributed by atoms with Gasteiger partial charge in [-0.25, -0.2) is 4.98 Å². The number of H-pyrrole nitrogens is 1. The van der Waals surface area contributed by atoms with Crippen LogP contribution in [0.1, 0.15) is 41.9 Å². The predicted molar refractivity (Wildman–Crippen MR) is 66.4 cm³/mol. The zero-order chi connectivity index (χ0) is 13.3. The molecule has 0 saturated heterocycles. The summed E-state index contributed by atoms with van der Waals surface area (Å²) in [6.07, 6.45) is 1.74. The van der Waals surface area contributed by atoms with Crippen LogP contribution in [-0.4, -0.2) is 30.9 Å². The third kappa shape index (κ3) is 2.39. The zero-order valence-corrected chi connectivity index (χ0v) is 10.9. The topological polar surface area (TPSA) is 88.5 Å². The summed E-state index contributed by atoms with van der Waals surface area (Å²) < 4.78 is 1.64. The average Bonchev–Trinajstić information content (AvgIpc) is 2.86. The van der Waals surface area contributed by atoms with Crippen molar-refractivity contribution < 1.29 is 4.79 Å². The Morgan fingerprint density at radius 2 is 2.22 bits per heavy atom. The predicted octanol–water partition coefficient (Wildman–Crippen LogP) is 1.22. The van der Waals surface area contributed by atoms with E-state index in [0.29, 0.717) is 11.5 Å². The van der Waals surface area contributed by atoms with Gasteiger partial charge in [0.05, 0.1) is 11.4 Å². The van der Waals surface area contributed by atoms with Crippen molar-refractivity contribution in [3.63, 3.8) is 0 Å². The third-order valence-electron chi connectivity index (χ3n) is 2.51. The second kappa shape index (κ2) is 4.59. The van der Waals surface area contributed by atoms with Gasteiger partial charge in [-0.3, -0.25) is 14.6 Å². The first-order valence-electron chi connectivity index (χ1n) is 5.71. The lowest BCUT2D eigenvalue weighted by Crippen LogP contribution is -2.14. The van der Waals surface area contributed by atoms with Gasteiger partial charge in [0, 0.05) is 19.2 Å². The molecule has 0 aliphatic rings. The molecule has 0 aliphatic heterocycles. The van der Waals surface area contributed by atoms with E-state index in [2.05, 4.69) is 25.6 Å². The van der Waals surface area contributed by atoms with Crippen LogP contribution in [0.5, 0.6) is 0 Å². The van der Waals surface area contributed by atoms with Gasteiger partial charge < -0.3 is 5.32 Å². The van der Waals surface area contributed by atoms with Crippen LogP contribution in [0.2, 0.25) is 0 Å². The van der Waals surface area contributed by atoms with Gasteiger partial charge in [-0.05, 0) is 6.92 Å². The molecule has 0 aromatic carbocycles. The third-order valence-corrected chi connectivity index (χ3v) is 2.51. The van der Waals surface area contributed by atoms with Crippen molar-refractivity contribution in [1.29, 1.82) is 0 Å². The lowest BCUT2D eigenvalue weighted by atomic mass is 10.2. The molecule has 0 bridgehead atoms. The van der Waals surface area contributed by atoms with Crippen molar-refractivity contribution in [3.05, 3.63) is 23.5 Å². The zero-order valence-electron chi connectivity index (χ0n) is 10.9. The van der Waals surface area contributed by atoms with E-state index in [1.807, 2.05) is 20.8 Å². The van der Waals surface area contributed by atoms with E-state index in [9.17, 15) is 4.79 Å². The number of nitrogens with one attached hydrogen (secondary N) is 2. The number of amides is 1. The molecule has 2 rings (SSSR count). The minimum atomic E-state index is -0.339. The minimum Gasteiger partial charge on any atom is -0.316 e. The van der Waals surface area contributed by atoms with Gasteiger partial charge in [0.25, 0.3) is 5.91 Å². The molecular formula is C11H16N6O. The van der Waals surface area contributed by atoms with Crippen molar-refractivity contribution in [2.45, 2.75) is 26.7 Å². The van der Waals surface area contributed by atoms with Gasteiger partial charge in [-0.15, -0.1) is 5.10 Å². The van der Waals surface area contributed by atoms with Crippen molar-refractivity contribution >= 4 is 11.6 Å². The Bertz CT molecular complexity index is 568. The van der Waals surface area contributed by atoms with E-state index < -0.39 is 0 Å². The maximum Gasteiger partial charge on any atom is 0.295 e. The number of hydrogen-bond acceptors (Lipinski definition) is 4. The molecule has 0 radical (unpaired) electrons. The Morgan fingerprint density at radius 3 is 2.72 bits per heavy atom. The van der Waals surface area contributed by atoms with Crippen LogP contribution in [0.15, 0.2) is 6.20 Å². The van der Waals surface area contributed by atoms with Gasteiger partial charge in [0.15, 0.2) is 0 Å². The molecule has 2 aromatic rings. The molecule has 18 heavy (non-hydrogen) atoms. The monoisotopic (exact) mass is 248 g/mol. The molecule has 0 fully saturated rings. The maximum atomic E-state index is 11.9. The molecule has 2 aromatic heterocycles. The molecule has 0 atom stereocenters. The molecule has 7 nitrogen and oxygen atoms in total. The van der Waals surface area contributed by atoms with Gasteiger partial charge in [0.2, 0.25) is 5.82 Å². The van der Waals surface area contributed by atoms with Gasteiger partial charge in [-0.2, -0.15) is 5.10 Å². The fourth-order valence-corrected chi connectivity index (χ4v) is 1.53. The van der Waals surface area contributed by atoms with Crippen molar-refractivity contribution in [1.82, 2.24) is 25.0 Å². The van der Waals surface area contributed by atoms with Gasteiger partial charge in [0.1, 0.15) is 5.82 Å². The van der Waals surface area contributed by atoms with E-state index in [4.69, 9.17) is 0 Å². The van der Waals surface area contributed by atoms with Crippen molar-refractivity contribution in [2.24, 2.45) is 7.05 Å². The summed E-state index contributed by atoms with van der Waals surface area (Å²) in [7, 11) is 1.80. The lowest BCUT2D eigenvalue weighted by Gasteiger charge is -1.99. The van der Waals surface area contributed by atoms with Crippen molar-refractivity contribution in [3.8, 4) is 0 Å². The summed E-state index contributed by atoms with van der Waals surface area (Å²) in [6, 6.07) is 0. The Kier molecular flexibility index (Phi) is 3.14. The van der Waals surface area contributed by atoms with Crippen molar-refractivity contribution in [2.75, 3.05) is 5.32 Å². The number of rotatable bonds is 3. The number of hydrogen-bond donors (Lipinski definition) is 2. The summed E-state index contributed by atoms with van der Waals surface area (Å²) in [4.78, 5) is 16.1. The molecule has 2 heterocycles. The quantitative estimate of drug-likeness (QED) is 0.854. The summed E-state index contributed by atoms with van der Waals surface area (Å²) in [5.74, 6) is 0.707. The van der Waals surface area contributed by atoms with E-state index in [1.165, 1.54) is 0 Å². The van der Waals surface area contributed by atoms with Crippen LogP contribution < -0.4 is 5.32 Å². The summed E-state index contributed by atoms with van der Waals surface area (Å²) in [6.45, 7) is 5.79. The summed E-state index contributed by atoms with van der Waals surface area (Å²) >= 11 is 0. The molecule has 1 amide bonds. The Morgan fingerprint density at radius 1 is 1.50 bits per heavy atom. The fraction of sp³-hybridized carbons (Fsp3) is 0.455. The van der Waals surface area contributed by atoms with Crippen LogP contribution in [0.25, 0.3) is 0 Å². The fourth-order valence-electron chi connectivity index (χ4n) is 1.53. The largest absolute Gasteiger partial charge is 0.316 e. The molecular weight excluding hydrogens is 232 g/mol. The lowest BCUT2D eigenvalue weighted by molar-refractivity contribution is 0.101. The molecule has 0 aliphatic carbocycles. The van der Waals surface area contributed by atoms with E-state index in [-0.39, 0.29) is 17.6 Å². The highest BCUT2D eigenvalue weighted by molar-refractivity contribution is 6.01. The second-order valence-corrected chi connectivity index (χ2v) is 4.45. The van der Waals surface area contributed by atoms with Crippen LogP contribution in [-0.2, 0) is 7.05 Å². The summed E-state index contributed by atoms with van der Waals surface area (Å²) in [5.41, 5.74) is 1.42. The van der Waals surface area contributed by atoms with Crippen LogP contribution in [0.3, 0.4) is 0 Å². The van der Waals surface area contributed by atoms with Gasteiger partial charge >= 0.3 is 0 Å². The average molecular weight is 248 g/mol. The highest BCUT2D eigenvalue weighted by Gasteiger charge is 2.15. The molecule has 0 saturated carbocycles. The Labute approximate surface area is 105 Å². The standard InChI is InChI=1S/C11H16N6O/c1-6(2)9-13-10(15-14-9)11(18)12-8-5-17(4)16-7(8)3/h5-6H,1-4H3,(H,12,18)(H,13,14,15). The molecule has 0 spiro atoms. The van der Waals surface area contributed by atoms with Crippen LogP contribution in [0, 0.1) is 6.92 Å². The molecule has 0 unspecified atom stereocenters. The van der Waals surface area contributed by atoms with Gasteiger partial charge in [-0.1, -0.05) is 13.8 Å². The first-order chi connectivity index (χ1) is 8.47. The number of nitrogens with zero attached hydrogens (tertiary/aromatic N) is 4. The number of carbonyl (C=O) groups is 1. The SMILES string of the molecule is Cc1nn(C)cc1NC(=O)c1n[nH]c(C(C)C)n1.